The number of carboxylic acids is 1. The molecule has 0 fully saturated rings. The Kier molecular flexibility index (Phi) is 3.39. The number of halogens is 3. The molecule has 0 amide bonds. The molecule has 98 valence electrons. The van der Waals surface area contributed by atoms with Crippen molar-refractivity contribution in [3.8, 4) is 5.75 Å². The summed E-state index contributed by atoms with van der Waals surface area (Å²) in [6.07, 6.45) is -4.62. The number of hydrogen-bond acceptors (Lipinski definition) is 5. The van der Waals surface area contributed by atoms with Crippen LogP contribution in [0, 0.1) is 17.0 Å². The number of nitro groups is 1. The van der Waals surface area contributed by atoms with E-state index in [9.17, 15) is 28.1 Å². The molecular formula is C8H5F3N2O5. The lowest BCUT2D eigenvalue weighted by atomic mass is 10.1. The van der Waals surface area contributed by atoms with E-state index < -0.39 is 39.9 Å². The number of alkyl halides is 3. The Morgan fingerprint density at radius 3 is 2.50 bits per heavy atom. The summed E-state index contributed by atoms with van der Waals surface area (Å²) in [4.78, 5) is 23.5. The van der Waals surface area contributed by atoms with E-state index in [1.54, 1.807) is 0 Å². The van der Waals surface area contributed by atoms with Crippen LogP contribution in [-0.4, -0.2) is 27.3 Å². The average Bonchev–Trinajstić information content (AvgIpc) is 2.17. The third-order valence-corrected chi connectivity index (χ3v) is 1.82. The zero-order valence-electron chi connectivity index (χ0n) is 8.69. The molecule has 1 N–H and O–H groups in total. The maximum atomic E-state index is 12.1. The van der Waals surface area contributed by atoms with Gasteiger partial charge in [0, 0.05) is 0 Å². The van der Waals surface area contributed by atoms with E-state index in [-0.39, 0.29) is 0 Å². The monoisotopic (exact) mass is 266 g/mol. The highest BCUT2D eigenvalue weighted by Crippen LogP contribution is 2.33. The second-order valence-corrected chi connectivity index (χ2v) is 3.04. The summed E-state index contributed by atoms with van der Waals surface area (Å²) in [7, 11) is 0. The van der Waals surface area contributed by atoms with Gasteiger partial charge in [0.05, 0.1) is 10.6 Å². The minimum atomic E-state index is -5.17. The lowest BCUT2D eigenvalue weighted by Gasteiger charge is -2.12. The van der Waals surface area contributed by atoms with Gasteiger partial charge in [0.1, 0.15) is 6.20 Å². The smallest absolute Gasteiger partial charge is 0.477 e. The van der Waals surface area contributed by atoms with Gasteiger partial charge in [-0.25, -0.2) is 4.79 Å². The molecule has 0 aliphatic heterocycles. The van der Waals surface area contributed by atoms with Gasteiger partial charge >= 0.3 is 18.0 Å². The van der Waals surface area contributed by atoms with E-state index in [1.807, 2.05) is 0 Å². The third kappa shape index (κ3) is 2.84. The molecule has 18 heavy (non-hydrogen) atoms. The van der Waals surface area contributed by atoms with Crippen LogP contribution in [0.25, 0.3) is 0 Å². The predicted molar refractivity (Wildman–Crippen MR) is 49.3 cm³/mol. The number of carbonyl (C=O) groups is 1. The van der Waals surface area contributed by atoms with E-state index in [0.29, 0.717) is 6.20 Å². The Morgan fingerprint density at radius 1 is 1.56 bits per heavy atom. The highest BCUT2D eigenvalue weighted by atomic mass is 19.4. The van der Waals surface area contributed by atoms with Crippen molar-refractivity contribution in [1.29, 1.82) is 0 Å². The zero-order chi connectivity index (χ0) is 14.1. The number of pyridine rings is 1. The summed E-state index contributed by atoms with van der Waals surface area (Å²) in [5, 5.41) is 19.3. The molecule has 0 atom stereocenters. The standard InChI is InChI=1S/C8H5F3N2O5/c1-3-6(18-8(9,10)11)5(7(14)15)4(2-12-3)13(16)17/h2H,1H3,(H,14,15). The number of nitrogens with zero attached hydrogens (tertiary/aromatic N) is 2. The molecule has 0 radical (unpaired) electrons. The molecule has 1 aromatic rings. The highest BCUT2D eigenvalue weighted by Gasteiger charge is 2.37. The van der Waals surface area contributed by atoms with Gasteiger partial charge in [0.2, 0.25) is 0 Å². The van der Waals surface area contributed by atoms with E-state index in [1.165, 1.54) is 0 Å². The first kappa shape index (κ1) is 13.7. The first-order valence-electron chi connectivity index (χ1n) is 4.26. The predicted octanol–water partition coefficient (Wildman–Crippen LogP) is 1.90. The molecule has 10 heteroatoms. The van der Waals surface area contributed by atoms with Gasteiger partial charge in [-0.3, -0.25) is 15.1 Å². The molecule has 0 spiro atoms. The molecule has 1 heterocycles. The second-order valence-electron chi connectivity index (χ2n) is 3.04. The summed E-state index contributed by atoms with van der Waals surface area (Å²) in [6, 6.07) is 0. The molecule has 0 unspecified atom stereocenters. The molecule has 0 aliphatic carbocycles. The minimum absolute atomic E-state index is 0.421. The van der Waals surface area contributed by atoms with Crippen LogP contribution in [-0.2, 0) is 0 Å². The Bertz CT molecular complexity index is 514. The van der Waals surface area contributed by atoms with Crippen molar-refractivity contribution in [3.05, 3.63) is 27.6 Å². The van der Waals surface area contributed by atoms with Gasteiger partial charge < -0.3 is 9.84 Å². The maximum Gasteiger partial charge on any atom is 0.573 e. The van der Waals surface area contributed by atoms with Crippen LogP contribution in [0.4, 0.5) is 18.9 Å². The van der Waals surface area contributed by atoms with Crippen molar-refractivity contribution in [3.63, 3.8) is 0 Å². The summed E-state index contributed by atoms with van der Waals surface area (Å²) >= 11 is 0. The van der Waals surface area contributed by atoms with Gasteiger partial charge in [0.15, 0.2) is 11.3 Å². The second kappa shape index (κ2) is 4.47. The zero-order valence-corrected chi connectivity index (χ0v) is 8.69. The molecule has 0 aliphatic rings. The quantitative estimate of drug-likeness (QED) is 0.662. The van der Waals surface area contributed by atoms with Gasteiger partial charge in [-0.15, -0.1) is 13.2 Å². The Balaban J connectivity index is 3.51. The minimum Gasteiger partial charge on any atom is -0.477 e. The fourth-order valence-corrected chi connectivity index (χ4v) is 1.16. The first-order chi connectivity index (χ1) is 8.13. The van der Waals surface area contributed by atoms with Gasteiger partial charge in [-0.1, -0.05) is 0 Å². The molecule has 0 saturated carbocycles. The lowest BCUT2D eigenvalue weighted by molar-refractivity contribution is -0.385. The molecule has 1 aromatic heterocycles. The van der Waals surface area contributed by atoms with Crippen molar-refractivity contribution in [1.82, 2.24) is 4.98 Å². The Hall–Kier alpha value is -2.39. The number of carboxylic acid groups (broad SMARTS) is 1. The fraction of sp³-hybridized carbons (Fsp3) is 0.250. The topological polar surface area (TPSA) is 103 Å². The van der Waals surface area contributed by atoms with Crippen LogP contribution in [0.5, 0.6) is 5.75 Å². The van der Waals surface area contributed by atoms with Gasteiger partial charge in [-0.05, 0) is 6.92 Å². The fourth-order valence-electron chi connectivity index (χ4n) is 1.16. The van der Waals surface area contributed by atoms with Crippen LogP contribution < -0.4 is 4.74 Å². The van der Waals surface area contributed by atoms with Crippen molar-refractivity contribution in [2.75, 3.05) is 0 Å². The molecule has 7 nitrogen and oxygen atoms in total. The molecule has 0 bridgehead atoms. The van der Waals surface area contributed by atoms with Crippen LogP contribution in [0.15, 0.2) is 6.20 Å². The number of rotatable bonds is 3. The van der Waals surface area contributed by atoms with Crippen LogP contribution in [0.1, 0.15) is 16.1 Å². The van der Waals surface area contributed by atoms with E-state index in [2.05, 4.69) is 9.72 Å². The first-order valence-corrected chi connectivity index (χ1v) is 4.26. The normalized spacial score (nSPS) is 11.1. The summed E-state index contributed by atoms with van der Waals surface area (Å²) < 4.78 is 39.7. The molecule has 0 saturated heterocycles. The Labute approximate surface area is 97.0 Å². The molecule has 0 aromatic carbocycles. The van der Waals surface area contributed by atoms with Crippen molar-refractivity contribution in [2.24, 2.45) is 0 Å². The lowest BCUT2D eigenvalue weighted by Crippen LogP contribution is -2.21. The molecular weight excluding hydrogens is 261 g/mol. The van der Waals surface area contributed by atoms with E-state index in [0.717, 1.165) is 6.92 Å². The van der Waals surface area contributed by atoms with Crippen LogP contribution in [0.2, 0.25) is 0 Å². The average molecular weight is 266 g/mol. The van der Waals surface area contributed by atoms with E-state index >= 15 is 0 Å². The maximum absolute atomic E-state index is 12.1. The third-order valence-electron chi connectivity index (χ3n) is 1.82. The van der Waals surface area contributed by atoms with Gasteiger partial charge in [0.25, 0.3) is 0 Å². The number of aromatic carboxylic acids is 1. The van der Waals surface area contributed by atoms with Crippen molar-refractivity contribution < 1.29 is 32.7 Å². The number of hydrogen-bond donors (Lipinski definition) is 1. The number of aromatic nitrogens is 1. The number of ether oxygens (including phenoxy) is 1. The summed E-state index contributed by atoms with van der Waals surface area (Å²) in [5.74, 6) is -3.10. The van der Waals surface area contributed by atoms with Crippen LogP contribution in [0.3, 0.4) is 0 Å². The molecule has 1 rings (SSSR count). The van der Waals surface area contributed by atoms with Gasteiger partial charge in [-0.2, -0.15) is 0 Å². The van der Waals surface area contributed by atoms with Crippen LogP contribution >= 0.6 is 0 Å². The Morgan fingerprint density at radius 2 is 2.11 bits per heavy atom. The highest BCUT2D eigenvalue weighted by molar-refractivity contribution is 5.95. The SMILES string of the molecule is Cc1ncc([N+](=O)[O-])c(C(=O)O)c1OC(F)(F)F. The van der Waals surface area contributed by atoms with Crippen molar-refractivity contribution >= 4 is 11.7 Å². The number of aryl methyl sites for hydroxylation is 1. The summed E-state index contributed by atoms with van der Waals surface area (Å²) in [5.41, 5.74) is -2.69. The van der Waals surface area contributed by atoms with Crippen molar-refractivity contribution in [2.45, 2.75) is 13.3 Å². The largest absolute Gasteiger partial charge is 0.573 e. The van der Waals surface area contributed by atoms with E-state index in [4.69, 9.17) is 5.11 Å². The summed E-state index contributed by atoms with van der Waals surface area (Å²) in [6.45, 7) is 1.04.